The minimum absolute atomic E-state index is 0.300. The van der Waals surface area contributed by atoms with Gasteiger partial charge in [-0.05, 0) is 36.4 Å². The number of nitrogens with zero attached hydrogens (tertiary/aromatic N) is 1. The Morgan fingerprint density at radius 1 is 0.846 bits per heavy atom. The number of carbonyl (C=O) groups excluding carboxylic acids is 1. The highest BCUT2D eigenvalue weighted by Crippen LogP contribution is 2.26. The first kappa shape index (κ1) is 16.0. The molecule has 0 bridgehead atoms. The highest BCUT2D eigenvalue weighted by molar-refractivity contribution is 6.13. The summed E-state index contributed by atoms with van der Waals surface area (Å²) >= 11 is 0. The van der Waals surface area contributed by atoms with Crippen molar-refractivity contribution in [2.24, 2.45) is 0 Å². The molecule has 0 saturated carbocycles. The molecule has 1 N–H and O–H groups in total. The number of halogens is 1. The summed E-state index contributed by atoms with van der Waals surface area (Å²) < 4.78 is 13.8. The molecule has 1 heterocycles. The van der Waals surface area contributed by atoms with Crippen molar-refractivity contribution in [2.75, 3.05) is 5.32 Å². The third-order valence-corrected chi connectivity index (χ3v) is 4.12. The zero-order valence-corrected chi connectivity index (χ0v) is 13.8. The average Bonchev–Trinajstić information content (AvgIpc) is 2.68. The molecule has 0 aliphatic rings. The van der Waals surface area contributed by atoms with Gasteiger partial charge in [-0.25, -0.2) is 9.37 Å². The lowest BCUT2D eigenvalue weighted by atomic mass is 10.0. The molecule has 0 radical (unpaired) electrons. The van der Waals surface area contributed by atoms with E-state index < -0.39 is 5.82 Å². The highest BCUT2D eigenvalue weighted by Gasteiger charge is 2.15. The Labute approximate surface area is 150 Å². The van der Waals surface area contributed by atoms with Gasteiger partial charge >= 0.3 is 0 Å². The van der Waals surface area contributed by atoms with Crippen LogP contribution in [0.5, 0.6) is 0 Å². The Morgan fingerprint density at radius 3 is 2.27 bits per heavy atom. The van der Waals surface area contributed by atoms with Crippen molar-refractivity contribution in [3.63, 3.8) is 0 Å². The number of pyridine rings is 1. The number of hydrogen-bond donors (Lipinski definition) is 1. The van der Waals surface area contributed by atoms with Crippen LogP contribution < -0.4 is 5.32 Å². The van der Waals surface area contributed by atoms with Crippen LogP contribution in [0, 0.1) is 5.82 Å². The highest BCUT2D eigenvalue weighted by atomic mass is 19.1. The molecule has 0 aliphatic carbocycles. The molecule has 3 aromatic carbocycles. The number of hydrogen-bond acceptors (Lipinski definition) is 2. The van der Waals surface area contributed by atoms with Gasteiger partial charge in [0.2, 0.25) is 0 Å². The number of rotatable bonds is 3. The normalized spacial score (nSPS) is 10.7. The fraction of sp³-hybridized carbons (Fsp3) is 0. The zero-order valence-electron chi connectivity index (χ0n) is 13.8. The summed E-state index contributed by atoms with van der Waals surface area (Å²) in [5.41, 5.74) is 3.21. The molecule has 0 fully saturated rings. The second kappa shape index (κ2) is 6.76. The summed E-state index contributed by atoms with van der Waals surface area (Å²) in [6, 6.07) is 24.8. The first-order chi connectivity index (χ1) is 12.7. The molecule has 1 aromatic heterocycles. The van der Waals surface area contributed by atoms with Crippen LogP contribution in [0.15, 0.2) is 84.9 Å². The summed E-state index contributed by atoms with van der Waals surface area (Å²) in [5.74, 6) is -0.702. The maximum Gasteiger partial charge on any atom is 0.256 e. The van der Waals surface area contributed by atoms with Crippen molar-refractivity contribution >= 4 is 22.5 Å². The van der Waals surface area contributed by atoms with Crippen molar-refractivity contribution in [1.29, 1.82) is 0 Å². The van der Waals surface area contributed by atoms with Crippen LogP contribution >= 0.6 is 0 Å². The van der Waals surface area contributed by atoms with Crippen molar-refractivity contribution in [2.45, 2.75) is 0 Å². The van der Waals surface area contributed by atoms with E-state index in [1.165, 1.54) is 12.1 Å². The molecule has 0 saturated heterocycles. The van der Waals surface area contributed by atoms with E-state index >= 15 is 0 Å². The topological polar surface area (TPSA) is 42.0 Å². The lowest BCUT2D eigenvalue weighted by molar-refractivity contribution is 0.102. The first-order valence-electron chi connectivity index (χ1n) is 8.23. The van der Waals surface area contributed by atoms with Crippen molar-refractivity contribution in [1.82, 2.24) is 4.98 Å². The van der Waals surface area contributed by atoms with E-state index in [1.807, 2.05) is 48.5 Å². The lowest BCUT2D eigenvalue weighted by Crippen LogP contribution is -2.13. The van der Waals surface area contributed by atoms with Crippen LogP contribution in [-0.2, 0) is 0 Å². The van der Waals surface area contributed by atoms with Crippen molar-refractivity contribution in [3.8, 4) is 11.3 Å². The maximum absolute atomic E-state index is 13.8. The molecular formula is C22H15FN2O. The van der Waals surface area contributed by atoms with Crippen LogP contribution in [0.25, 0.3) is 22.2 Å². The maximum atomic E-state index is 13.8. The third-order valence-electron chi connectivity index (χ3n) is 4.12. The molecule has 3 nitrogen and oxygen atoms in total. The second-order valence-electron chi connectivity index (χ2n) is 5.90. The van der Waals surface area contributed by atoms with Crippen molar-refractivity contribution < 1.29 is 9.18 Å². The predicted octanol–water partition coefficient (Wildman–Crippen LogP) is 5.29. The van der Waals surface area contributed by atoms with E-state index in [2.05, 4.69) is 10.3 Å². The van der Waals surface area contributed by atoms with E-state index in [0.717, 1.165) is 5.56 Å². The van der Waals surface area contributed by atoms with Crippen LogP contribution in [0.1, 0.15) is 10.4 Å². The number of para-hydroxylation sites is 1. The first-order valence-corrected chi connectivity index (χ1v) is 8.23. The fourth-order valence-electron chi connectivity index (χ4n) is 2.86. The molecule has 0 atom stereocenters. The van der Waals surface area contributed by atoms with E-state index in [1.54, 1.807) is 24.3 Å². The number of benzene rings is 3. The van der Waals surface area contributed by atoms with Gasteiger partial charge in [-0.1, -0.05) is 48.5 Å². The fourth-order valence-corrected chi connectivity index (χ4v) is 2.86. The minimum Gasteiger partial charge on any atom is -0.322 e. The largest absolute Gasteiger partial charge is 0.322 e. The zero-order chi connectivity index (χ0) is 17.9. The van der Waals surface area contributed by atoms with E-state index in [-0.39, 0.29) is 5.91 Å². The molecule has 1 amide bonds. The Hall–Kier alpha value is -3.53. The Kier molecular flexibility index (Phi) is 4.15. The van der Waals surface area contributed by atoms with Crippen LogP contribution in [0.2, 0.25) is 0 Å². The molecule has 4 heteroatoms. The molecule has 0 spiro atoms. The Morgan fingerprint density at radius 2 is 1.54 bits per heavy atom. The number of aromatic nitrogens is 1. The van der Waals surface area contributed by atoms with Gasteiger partial charge < -0.3 is 5.32 Å². The molecule has 4 aromatic rings. The molecule has 4 rings (SSSR count). The van der Waals surface area contributed by atoms with Gasteiger partial charge in [0.05, 0.1) is 16.8 Å². The predicted molar refractivity (Wildman–Crippen MR) is 102 cm³/mol. The van der Waals surface area contributed by atoms with Gasteiger partial charge in [0, 0.05) is 16.6 Å². The van der Waals surface area contributed by atoms with E-state index in [9.17, 15) is 9.18 Å². The van der Waals surface area contributed by atoms with E-state index in [4.69, 9.17) is 0 Å². The standard InChI is InChI=1S/C22H15FN2O/c23-16-11-12-20-18(13-16)19(22(26)24-17-9-5-2-6-10-17)14-21(25-20)15-7-3-1-4-8-15/h1-14H,(H,24,26). The lowest BCUT2D eigenvalue weighted by Gasteiger charge is -2.11. The van der Waals surface area contributed by atoms with Gasteiger partial charge in [0.25, 0.3) is 5.91 Å². The van der Waals surface area contributed by atoms with Gasteiger partial charge in [0.1, 0.15) is 5.82 Å². The number of fused-ring (bicyclic) bond motifs is 1. The number of anilines is 1. The quantitative estimate of drug-likeness (QED) is 0.549. The summed E-state index contributed by atoms with van der Waals surface area (Å²) in [6.07, 6.45) is 0. The van der Waals surface area contributed by atoms with Gasteiger partial charge in [-0.3, -0.25) is 4.79 Å². The Bertz CT molecular complexity index is 1080. The van der Waals surface area contributed by atoms with Crippen molar-refractivity contribution in [3.05, 3.63) is 96.3 Å². The summed E-state index contributed by atoms with van der Waals surface area (Å²) in [4.78, 5) is 17.5. The molecule has 26 heavy (non-hydrogen) atoms. The third kappa shape index (κ3) is 3.17. The molecule has 0 unspecified atom stereocenters. The van der Waals surface area contributed by atoms with Crippen LogP contribution in [0.3, 0.4) is 0 Å². The van der Waals surface area contributed by atoms with Gasteiger partial charge in [-0.2, -0.15) is 0 Å². The SMILES string of the molecule is O=C(Nc1ccccc1)c1cc(-c2ccccc2)nc2ccc(F)cc12. The number of amides is 1. The smallest absolute Gasteiger partial charge is 0.256 e. The minimum atomic E-state index is -0.402. The van der Waals surface area contributed by atoms with Crippen LogP contribution in [0.4, 0.5) is 10.1 Å². The monoisotopic (exact) mass is 342 g/mol. The Balaban J connectivity index is 1.85. The molecule has 0 aliphatic heterocycles. The summed E-state index contributed by atoms with van der Waals surface area (Å²) in [5, 5.41) is 3.34. The summed E-state index contributed by atoms with van der Waals surface area (Å²) in [7, 11) is 0. The molecular weight excluding hydrogens is 327 g/mol. The van der Waals surface area contributed by atoms with Gasteiger partial charge in [0.15, 0.2) is 0 Å². The van der Waals surface area contributed by atoms with Crippen LogP contribution in [-0.4, -0.2) is 10.9 Å². The second-order valence-corrected chi connectivity index (χ2v) is 5.90. The summed E-state index contributed by atoms with van der Waals surface area (Å²) in [6.45, 7) is 0. The van der Waals surface area contributed by atoms with E-state index in [0.29, 0.717) is 27.8 Å². The van der Waals surface area contributed by atoms with Gasteiger partial charge in [-0.15, -0.1) is 0 Å². The average molecular weight is 342 g/mol. The number of nitrogens with one attached hydrogen (secondary N) is 1. The number of carbonyl (C=O) groups is 1. The molecule has 126 valence electrons.